The van der Waals surface area contributed by atoms with E-state index in [4.69, 9.17) is 17.0 Å². The number of anilines is 1. The van der Waals surface area contributed by atoms with Crippen LogP contribution in [0.25, 0.3) is 0 Å². The summed E-state index contributed by atoms with van der Waals surface area (Å²) in [5.41, 5.74) is 2.28. The summed E-state index contributed by atoms with van der Waals surface area (Å²) in [7, 11) is 1.71. The summed E-state index contributed by atoms with van der Waals surface area (Å²) in [6, 6.07) is 13.0. The molecule has 0 spiro atoms. The summed E-state index contributed by atoms with van der Waals surface area (Å²) in [4.78, 5) is 28.8. The Kier molecular flexibility index (Phi) is 7.52. The second kappa shape index (κ2) is 10.3. The van der Waals surface area contributed by atoms with Gasteiger partial charge in [-0.15, -0.1) is 0 Å². The van der Waals surface area contributed by atoms with Gasteiger partial charge in [-0.2, -0.15) is 5.26 Å². The van der Waals surface area contributed by atoms with Gasteiger partial charge in [-0.1, -0.05) is 43.6 Å². The standard InChI is InChI=1S/C25H26ClN5O2/c1-15(2)14-31-23(17(12-28)13-29-3)22(20-6-4-5-7-21(20)25(31)33)24(32)30-19-9-16(11-27)8-18(26)10-19/h4-10,12-13,15,22-23,28-29H,14H2,1-3H3,(H,30,32)/b17-13+,28-12?/t22-,23+/m0/s1. The molecule has 7 nitrogen and oxygen atoms in total. The SMILES string of the molecule is CN/C=C(\C=N)[C@@H]1[C@@H](C(=O)Nc2cc(Cl)cc(C#N)c2)c2ccccc2C(=O)N1CC(C)C. The van der Waals surface area contributed by atoms with Crippen molar-refractivity contribution in [3.8, 4) is 6.07 Å². The fourth-order valence-corrected chi connectivity index (χ4v) is 4.40. The third-order valence-corrected chi connectivity index (χ3v) is 5.61. The molecule has 1 aliphatic heterocycles. The molecular formula is C25H26ClN5O2. The highest BCUT2D eigenvalue weighted by atomic mass is 35.5. The van der Waals surface area contributed by atoms with Crippen molar-refractivity contribution in [2.24, 2.45) is 5.92 Å². The van der Waals surface area contributed by atoms with E-state index in [0.29, 0.717) is 39.5 Å². The van der Waals surface area contributed by atoms with Gasteiger partial charge in [0.1, 0.15) is 0 Å². The number of carbonyl (C=O) groups excluding carboxylic acids is 2. The van der Waals surface area contributed by atoms with Crippen LogP contribution in [0.15, 0.2) is 54.2 Å². The maximum atomic E-state index is 13.7. The van der Waals surface area contributed by atoms with Gasteiger partial charge in [0, 0.05) is 47.9 Å². The lowest BCUT2D eigenvalue weighted by Crippen LogP contribution is -2.53. The molecule has 0 saturated heterocycles. The predicted molar refractivity (Wildman–Crippen MR) is 130 cm³/mol. The number of hydrogen-bond donors (Lipinski definition) is 3. The van der Waals surface area contributed by atoms with Crippen LogP contribution in [0.1, 0.15) is 41.3 Å². The minimum Gasteiger partial charge on any atom is -0.394 e. The Morgan fingerprint density at radius 3 is 2.67 bits per heavy atom. The van der Waals surface area contributed by atoms with Crippen LogP contribution < -0.4 is 10.6 Å². The van der Waals surface area contributed by atoms with Crippen LogP contribution in [0.2, 0.25) is 5.02 Å². The Labute approximate surface area is 198 Å². The maximum Gasteiger partial charge on any atom is 0.254 e. The zero-order chi connectivity index (χ0) is 24.1. The fraction of sp³-hybridized carbons (Fsp3) is 0.280. The van der Waals surface area contributed by atoms with Crippen molar-refractivity contribution in [1.82, 2.24) is 10.2 Å². The number of carbonyl (C=O) groups is 2. The summed E-state index contributed by atoms with van der Waals surface area (Å²) in [6.07, 6.45) is 2.81. The van der Waals surface area contributed by atoms with E-state index in [1.54, 1.807) is 54.5 Å². The van der Waals surface area contributed by atoms with Crippen LogP contribution in [-0.2, 0) is 4.79 Å². The topological polar surface area (TPSA) is 109 Å². The van der Waals surface area contributed by atoms with Crippen molar-refractivity contribution < 1.29 is 9.59 Å². The first-order valence-corrected chi connectivity index (χ1v) is 11.0. The third kappa shape index (κ3) is 5.07. The molecule has 0 unspecified atom stereocenters. The molecule has 1 aliphatic rings. The van der Waals surface area contributed by atoms with E-state index in [2.05, 4.69) is 10.6 Å². The van der Waals surface area contributed by atoms with E-state index in [9.17, 15) is 14.9 Å². The maximum absolute atomic E-state index is 13.7. The lowest BCUT2D eigenvalue weighted by atomic mass is 9.78. The number of benzene rings is 2. The summed E-state index contributed by atoms with van der Waals surface area (Å²) in [5, 5.41) is 23.4. The molecule has 2 atom stereocenters. The normalized spacial score (nSPS) is 17.9. The highest BCUT2D eigenvalue weighted by Crippen LogP contribution is 2.38. The molecule has 0 fully saturated rings. The first-order chi connectivity index (χ1) is 15.8. The number of amides is 2. The molecule has 0 aromatic heterocycles. The Morgan fingerprint density at radius 1 is 1.30 bits per heavy atom. The summed E-state index contributed by atoms with van der Waals surface area (Å²) < 4.78 is 0. The Balaban J connectivity index is 2.16. The third-order valence-electron chi connectivity index (χ3n) is 5.40. The Morgan fingerprint density at radius 2 is 2.03 bits per heavy atom. The second-order valence-corrected chi connectivity index (χ2v) is 8.70. The van der Waals surface area contributed by atoms with Gasteiger partial charge in [0.05, 0.1) is 23.6 Å². The van der Waals surface area contributed by atoms with Crippen molar-refractivity contribution >= 4 is 35.3 Å². The minimum atomic E-state index is -0.775. The van der Waals surface area contributed by atoms with Gasteiger partial charge in [-0.25, -0.2) is 0 Å². The number of nitriles is 1. The van der Waals surface area contributed by atoms with Crippen LogP contribution in [0, 0.1) is 22.7 Å². The molecule has 0 aliphatic carbocycles. The first-order valence-electron chi connectivity index (χ1n) is 10.6. The molecule has 170 valence electrons. The summed E-state index contributed by atoms with van der Waals surface area (Å²) in [6.45, 7) is 4.43. The van der Waals surface area contributed by atoms with E-state index < -0.39 is 12.0 Å². The van der Waals surface area contributed by atoms with Gasteiger partial charge in [0.25, 0.3) is 5.91 Å². The second-order valence-electron chi connectivity index (χ2n) is 8.27. The lowest BCUT2D eigenvalue weighted by Gasteiger charge is -2.42. The van der Waals surface area contributed by atoms with Gasteiger partial charge in [-0.05, 0) is 35.7 Å². The highest BCUT2D eigenvalue weighted by molar-refractivity contribution is 6.31. The van der Waals surface area contributed by atoms with Gasteiger partial charge in [0.15, 0.2) is 0 Å². The molecule has 0 radical (unpaired) electrons. The van der Waals surface area contributed by atoms with E-state index in [-0.39, 0.29) is 17.7 Å². The van der Waals surface area contributed by atoms with Crippen molar-refractivity contribution in [2.45, 2.75) is 25.8 Å². The summed E-state index contributed by atoms with van der Waals surface area (Å²) >= 11 is 6.12. The average molecular weight is 464 g/mol. The van der Waals surface area contributed by atoms with E-state index in [1.165, 1.54) is 12.3 Å². The van der Waals surface area contributed by atoms with Crippen LogP contribution in [0.5, 0.6) is 0 Å². The van der Waals surface area contributed by atoms with E-state index in [0.717, 1.165) is 0 Å². The number of rotatable bonds is 7. The molecule has 33 heavy (non-hydrogen) atoms. The number of fused-ring (bicyclic) bond motifs is 1. The molecule has 0 bridgehead atoms. The average Bonchev–Trinajstić information content (AvgIpc) is 2.78. The molecule has 0 saturated carbocycles. The fourth-order valence-electron chi connectivity index (χ4n) is 4.17. The van der Waals surface area contributed by atoms with Gasteiger partial charge in [0.2, 0.25) is 5.91 Å². The van der Waals surface area contributed by atoms with Crippen LogP contribution >= 0.6 is 11.6 Å². The van der Waals surface area contributed by atoms with Crippen LogP contribution in [0.3, 0.4) is 0 Å². The van der Waals surface area contributed by atoms with Crippen molar-refractivity contribution in [3.63, 3.8) is 0 Å². The molecule has 8 heteroatoms. The summed E-state index contributed by atoms with van der Waals surface area (Å²) in [5.74, 6) is -1.16. The van der Waals surface area contributed by atoms with E-state index in [1.807, 2.05) is 19.9 Å². The zero-order valence-corrected chi connectivity index (χ0v) is 19.5. The predicted octanol–water partition coefficient (Wildman–Crippen LogP) is 4.17. The Hall–Kier alpha value is -3.63. The van der Waals surface area contributed by atoms with Crippen molar-refractivity contribution in [3.05, 3.63) is 76.0 Å². The van der Waals surface area contributed by atoms with Gasteiger partial charge >= 0.3 is 0 Å². The molecular weight excluding hydrogens is 438 g/mol. The quantitative estimate of drug-likeness (QED) is 0.535. The molecule has 2 aromatic carbocycles. The molecule has 1 heterocycles. The lowest BCUT2D eigenvalue weighted by molar-refractivity contribution is -0.118. The van der Waals surface area contributed by atoms with Gasteiger partial charge < -0.3 is 20.9 Å². The zero-order valence-electron chi connectivity index (χ0n) is 18.7. The minimum absolute atomic E-state index is 0.151. The number of nitrogens with one attached hydrogen (secondary N) is 3. The monoisotopic (exact) mass is 463 g/mol. The molecule has 2 aromatic rings. The smallest absolute Gasteiger partial charge is 0.254 e. The largest absolute Gasteiger partial charge is 0.394 e. The number of halogens is 1. The molecule has 2 amide bonds. The molecule has 3 N–H and O–H groups in total. The van der Waals surface area contributed by atoms with Crippen molar-refractivity contribution in [2.75, 3.05) is 18.9 Å². The van der Waals surface area contributed by atoms with Crippen LogP contribution in [0.4, 0.5) is 5.69 Å². The number of hydrogen-bond acceptors (Lipinski definition) is 5. The number of nitrogens with zero attached hydrogens (tertiary/aromatic N) is 2. The highest BCUT2D eigenvalue weighted by Gasteiger charge is 2.44. The Bertz CT molecular complexity index is 1150. The molecule has 3 rings (SSSR count). The van der Waals surface area contributed by atoms with E-state index >= 15 is 0 Å². The first kappa shape index (κ1) is 24.0. The van der Waals surface area contributed by atoms with Crippen molar-refractivity contribution in [1.29, 1.82) is 10.7 Å². The van der Waals surface area contributed by atoms with Crippen LogP contribution in [-0.4, -0.2) is 42.6 Å². The van der Waals surface area contributed by atoms with Gasteiger partial charge in [-0.3, -0.25) is 9.59 Å².